The smallest absolute Gasteiger partial charge is 0.265 e. The van der Waals surface area contributed by atoms with Gasteiger partial charge in [-0.3, -0.25) is 14.5 Å². The first-order valence-electron chi connectivity index (χ1n) is 10.4. The van der Waals surface area contributed by atoms with Gasteiger partial charge < -0.3 is 5.32 Å². The number of carbonyl (C=O) groups is 2. The minimum atomic E-state index is -0.396. The highest BCUT2D eigenvalue weighted by molar-refractivity contribution is 8.04. The lowest BCUT2D eigenvalue weighted by atomic mass is 10.1. The third-order valence-corrected chi connectivity index (χ3v) is 6.22. The predicted octanol–water partition coefficient (Wildman–Crippen LogP) is 4.97. The first kappa shape index (κ1) is 21.8. The normalized spacial score (nSPS) is 14.4. The lowest BCUT2D eigenvalue weighted by molar-refractivity contribution is -0.122. The summed E-state index contributed by atoms with van der Waals surface area (Å²) in [4.78, 5) is 28.5. The molecule has 0 unspecified atom stereocenters. The van der Waals surface area contributed by atoms with Crippen LogP contribution in [0.15, 0.2) is 82.6 Å². The quantitative estimate of drug-likeness (QED) is 0.544. The Labute approximate surface area is 191 Å². The van der Waals surface area contributed by atoms with E-state index in [2.05, 4.69) is 11.4 Å². The van der Waals surface area contributed by atoms with E-state index in [1.54, 1.807) is 24.3 Å². The lowest BCUT2D eigenvalue weighted by Gasteiger charge is -2.29. The van der Waals surface area contributed by atoms with Crippen LogP contribution in [0.4, 0.5) is 10.1 Å². The summed E-state index contributed by atoms with van der Waals surface area (Å²) < 4.78 is 14.1. The Bertz CT molecular complexity index is 1190. The molecule has 6 heteroatoms. The Morgan fingerprint density at radius 1 is 1.06 bits per heavy atom. The average Bonchev–Trinajstić information content (AvgIpc) is 2.78. The molecular formula is C26H23FN2O2S. The molecule has 0 atom stereocenters. The SMILES string of the molecule is Cc1cccc(CCNC(=O)CN2C(=O)/C(=C/c3ccccc3F)Sc3ccccc32)c1. The highest BCUT2D eigenvalue weighted by Gasteiger charge is 2.30. The fourth-order valence-electron chi connectivity index (χ4n) is 3.57. The van der Waals surface area contributed by atoms with Crippen molar-refractivity contribution in [2.24, 2.45) is 0 Å². The minimum Gasteiger partial charge on any atom is -0.354 e. The average molecular weight is 447 g/mol. The third-order valence-electron chi connectivity index (χ3n) is 5.14. The zero-order valence-electron chi connectivity index (χ0n) is 17.7. The number of hydrogen-bond acceptors (Lipinski definition) is 3. The number of amides is 2. The van der Waals surface area contributed by atoms with Crippen molar-refractivity contribution < 1.29 is 14.0 Å². The maximum atomic E-state index is 14.1. The zero-order chi connectivity index (χ0) is 22.5. The van der Waals surface area contributed by atoms with Gasteiger partial charge >= 0.3 is 0 Å². The molecule has 1 N–H and O–H groups in total. The maximum Gasteiger partial charge on any atom is 0.265 e. The van der Waals surface area contributed by atoms with E-state index in [4.69, 9.17) is 0 Å². The fourth-order valence-corrected chi connectivity index (χ4v) is 4.62. The van der Waals surface area contributed by atoms with Crippen molar-refractivity contribution >= 4 is 35.3 Å². The molecule has 1 heterocycles. The Kier molecular flexibility index (Phi) is 6.71. The molecule has 0 aliphatic carbocycles. The second-order valence-corrected chi connectivity index (χ2v) is 8.66. The van der Waals surface area contributed by atoms with Gasteiger partial charge in [0.1, 0.15) is 12.4 Å². The van der Waals surface area contributed by atoms with Crippen LogP contribution in [0.25, 0.3) is 6.08 Å². The summed E-state index contributed by atoms with van der Waals surface area (Å²) in [7, 11) is 0. The Hall–Kier alpha value is -3.38. The zero-order valence-corrected chi connectivity index (χ0v) is 18.5. The molecule has 0 radical (unpaired) electrons. The van der Waals surface area contributed by atoms with Gasteiger partial charge in [-0.25, -0.2) is 4.39 Å². The van der Waals surface area contributed by atoms with E-state index in [-0.39, 0.29) is 18.4 Å². The number of hydrogen-bond donors (Lipinski definition) is 1. The minimum absolute atomic E-state index is 0.0984. The number of halogens is 1. The van der Waals surface area contributed by atoms with Gasteiger partial charge in [0.25, 0.3) is 5.91 Å². The van der Waals surface area contributed by atoms with Crippen LogP contribution in [0.1, 0.15) is 16.7 Å². The van der Waals surface area contributed by atoms with Crippen molar-refractivity contribution in [3.8, 4) is 0 Å². The number of rotatable bonds is 6. The number of anilines is 1. The van der Waals surface area contributed by atoms with Gasteiger partial charge in [-0.15, -0.1) is 0 Å². The molecule has 162 valence electrons. The molecule has 4 nitrogen and oxygen atoms in total. The monoisotopic (exact) mass is 446 g/mol. The number of aryl methyl sites for hydroxylation is 1. The number of nitrogens with one attached hydrogen (secondary N) is 1. The molecule has 32 heavy (non-hydrogen) atoms. The molecule has 2 amide bonds. The van der Waals surface area contributed by atoms with Crippen LogP contribution in [0.3, 0.4) is 0 Å². The van der Waals surface area contributed by atoms with Crippen LogP contribution < -0.4 is 10.2 Å². The Morgan fingerprint density at radius 3 is 2.66 bits per heavy atom. The third kappa shape index (κ3) is 5.08. The van der Waals surface area contributed by atoms with Crippen LogP contribution in [0.5, 0.6) is 0 Å². The summed E-state index contributed by atoms with van der Waals surface area (Å²) in [5.74, 6) is -0.948. The van der Waals surface area contributed by atoms with Crippen molar-refractivity contribution in [2.75, 3.05) is 18.0 Å². The number of benzene rings is 3. The molecule has 0 bridgehead atoms. The Balaban J connectivity index is 1.49. The summed E-state index contributed by atoms with van der Waals surface area (Å²) in [6, 6.07) is 21.9. The maximum absolute atomic E-state index is 14.1. The van der Waals surface area contributed by atoms with Crippen molar-refractivity contribution in [1.82, 2.24) is 5.32 Å². The summed E-state index contributed by atoms with van der Waals surface area (Å²) in [6.07, 6.45) is 2.26. The van der Waals surface area contributed by atoms with E-state index < -0.39 is 5.82 Å². The number of thioether (sulfide) groups is 1. The van der Waals surface area contributed by atoms with Crippen molar-refractivity contribution in [1.29, 1.82) is 0 Å². The predicted molar refractivity (Wildman–Crippen MR) is 127 cm³/mol. The first-order chi connectivity index (χ1) is 15.5. The largest absolute Gasteiger partial charge is 0.354 e. The van der Waals surface area contributed by atoms with Crippen LogP contribution in [0, 0.1) is 12.7 Å². The topological polar surface area (TPSA) is 49.4 Å². The molecule has 0 spiro atoms. The van der Waals surface area contributed by atoms with E-state index in [1.807, 2.05) is 49.4 Å². The first-order valence-corrected chi connectivity index (χ1v) is 11.2. The molecule has 1 aliphatic rings. The molecule has 3 aromatic carbocycles. The lowest BCUT2D eigenvalue weighted by Crippen LogP contribution is -2.43. The summed E-state index contributed by atoms with van der Waals surface area (Å²) in [5.41, 5.74) is 3.35. The second kappa shape index (κ2) is 9.83. The molecule has 0 saturated heterocycles. The Morgan fingerprint density at radius 2 is 1.84 bits per heavy atom. The fraction of sp³-hybridized carbons (Fsp3) is 0.154. The van der Waals surface area contributed by atoms with Crippen LogP contribution in [-0.4, -0.2) is 24.9 Å². The van der Waals surface area contributed by atoms with Crippen LogP contribution in [0.2, 0.25) is 0 Å². The molecule has 0 saturated carbocycles. The standard InChI is InChI=1S/C26H23FN2O2S/c1-18-7-6-8-19(15-18)13-14-28-25(30)17-29-22-11-4-5-12-23(22)32-24(26(29)31)16-20-9-2-3-10-21(20)27/h2-12,15-16H,13-14,17H2,1H3,(H,28,30)/b24-16-. The summed E-state index contributed by atoms with van der Waals surface area (Å²) in [6.45, 7) is 2.42. The van der Waals surface area contributed by atoms with Crippen molar-refractivity contribution in [2.45, 2.75) is 18.2 Å². The second-order valence-electron chi connectivity index (χ2n) is 7.58. The van der Waals surface area contributed by atoms with Crippen LogP contribution in [-0.2, 0) is 16.0 Å². The summed E-state index contributed by atoms with van der Waals surface area (Å²) >= 11 is 1.29. The summed E-state index contributed by atoms with van der Waals surface area (Å²) in [5, 5.41) is 2.90. The van der Waals surface area contributed by atoms with E-state index in [0.717, 1.165) is 10.5 Å². The van der Waals surface area contributed by atoms with Gasteiger partial charge in [-0.2, -0.15) is 0 Å². The highest BCUT2D eigenvalue weighted by atomic mass is 32.2. The molecule has 4 rings (SSSR count). The number of nitrogens with zero attached hydrogens (tertiary/aromatic N) is 1. The number of fused-ring (bicyclic) bond motifs is 1. The number of carbonyl (C=O) groups excluding carboxylic acids is 2. The van der Waals surface area contributed by atoms with E-state index >= 15 is 0 Å². The van der Waals surface area contributed by atoms with Gasteiger partial charge in [0.05, 0.1) is 10.6 Å². The van der Waals surface area contributed by atoms with E-state index in [0.29, 0.717) is 29.1 Å². The molecule has 1 aliphatic heterocycles. The van der Waals surface area contributed by atoms with Crippen LogP contribution >= 0.6 is 11.8 Å². The van der Waals surface area contributed by atoms with Gasteiger partial charge in [0.2, 0.25) is 5.91 Å². The molecule has 0 aromatic heterocycles. The molecule has 3 aromatic rings. The van der Waals surface area contributed by atoms with Gasteiger partial charge in [0, 0.05) is 17.0 Å². The van der Waals surface area contributed by atoms with Gasteiger partial charge in [-0.1, -0.05) is 71.9 Å². The van der Waals surface area contributed by atoms with E-state index in [9.17, 15) is 14.0 Å². The molecule has 0 fully saturated rings. The van der Waals surface area contributed by atoms with Crippen molar-refractivity contribution in [3.05, 3.63) is 100 Å². The molecular weight excluding hydrogens is 423 g/mol. The number of para-hydroxylation sites is 1. The van der Waals surface area contributed by atoms with Gasteiger partial charge in [0.15, 0.2) is 0 Å². The van der Waals surface area contributed by atoms with E-state index in [1.165, 1.54) is 28.3 Å². The highest BCUT2D eigenvalue weighted by Crippen LogP contribution is 2.42. The van der Waals surface area contributed by atoms with Gasteiger partial charge in [-0.05, 0) is 43.2 Å². The van der Waals surface area contributed by atoms with Crippen molar-refractivity contribution in [3.63, 3.8) is 0 Å².